The normalized spacial score (nSPS) is 16.0. The van der Waals surface area contributed by atoms with Crippen LogP contribution in [-0.2, 0) is 14.3 Å². The first-order chi connectivity index (χ1) is 12.4. The Labute approximate surface area is 155 Å². The summed E-state index contributed by atoms with van der Waals surface area (Å²) in [5.74, 6) is 0.447. The lowest BCUT2D eigenvalue weighted by atomic mass is 10.0. The summed E-state index contributed by atoms with van der Waals surface area (Å²) in [6, 6.07) is 7.44. The van der Waals surface area contributed by atoms with Gasteiger partial charge in [-0.3, -0.25) is 4.79 Å². The molecule has 0 radical (unpaired) electrons. The van der Waals surface area contributed by atoms with Gasteiger partial charge in [-0.25, -0.2) is 4.79 Å². The fraction of sp³-hybridized carbons (Fsp3) is 0.429. The van der Waals surface area contributed by atoms with Gasteiger partial charge in [-0.1, -0.05) is 26.0 Å². The second-order valence-electron chi connectivity index (χ2n) is 6.55. The summed E-state index contributed by atoms with van der Waals surface area (Å²) in [6.07, 6.45) is 1.74. The van der Waals surface area contributed by atoms with Gasteiger partial charge in [-0.2, -0.15) is 0 Å². The maximum atomic E-state index is 12.9. The summed E-state index contributed by atoms with van der Waals surface area (Å²) >= 11 is 0. The van der Waals surface area contributed by atoms with Gasteiger partial charge >= 0.3 is 5.97 Å². The lowest BCUT2D eigenvalue weighted by Gasteiger charge is -2.19. The molecule has 1 aliphatic heterocycles. The van der Waals surface area contributed by atoms with Crippen molar-refractivity contribution in [3.05, 3.63) is 46.7 Å². The van der Waals surface area contributed by atoms with E-state index >= 15 is 0 Å². The molecule has 0 fully saturated rings. The summed E-state index contributed by atoms with van der Waals surface area (Å²) < 4.78 is 10.6. The van der Waals surface area contributed by atoms with Crippen LogP contribution in [0.4, 0.5) is 0 Å². The average molecular weight is 357 g/mol. The molecule has 5 nitrogen and oxygen atoms in total. The molecule has 0 saturated carbocycles. The SMILES string of the molecule is CCOC(=O)C1=C(C)N(CC(C)C)C(=O)/C1=C\c1ccc(OCC)cc1. The highest BCUT2D eigenvalue weighted by atomic mass is 16.5. The highest BCUT2D eigenvalue weighted by Crippen LogP contribution is 2.32. The average Bonchev–Trinajstić information content (AvgIpc) is 2.81. The molecule has 0 aliphatic carbocycles. The Balaban J connectivity index is 2.42. The van der Waals surface area contributed by atoms with E-state index in [1.807, 2.05) is 45.0 Å². The first-order valence-corrected chi connectivity index (χ1v) is 9.03. The number of carbonyl (C=O) groups is 2. The second kappa shape index (κ2) is 8.70. The van der Waals surface area contributed by atoms with Crippen LogP contribution >= 0.6 is 0 Å². The summed E-state index contributed by atoms with van der Waals surface area (Å²) in [6.45, 7) is 11.0. The molecular weight excluding hydrogens is 330 g/mol. The Hall–Kier alpha value is -2.56. The molecule has 0 N–H and O–H groups in total. The number of esters is 1. The van der Waals surface area contributed by atoms with Crippen LogP contribution in [-0.4, -0.2) is 36.5 Å². The van der Waals surface area contributed by atoms with Crippen LogP contribution in [0.5, 0.6) is 5.75 Å². The number of allylic oxidation sites excluding steroid dienone is 1. The van der Waals surface area contributed by atoms with E-state index in [9.17, 15) is 9.59 Å². The van der Waals surface area contributed by atoms with Gasteiger partial charge in [0.15, 0.2) is 0 Å². The Kier molecular flexibility index (Phi) is 6.61. The van der Waals surface area contributed by atoms with E-state index in [-0.39, 0.29) is 12.5 Å². The van der Waals surface area contributed by atoms with Crippen molar-refractivity contribution < 1.29 is 19.1 Å². The number of rotatable bonds is 7. The van der Waals surface area contributed by atoms with Gasteiger partial charge in [-0.05, 0) is 50.5 Å². The van der Waals surface area contributed by atoms with Gasteiger partial charge < -0.3 is 14.4 Å². The van der Waals surface area contributed by atoms with Crippen molar-refractivity contribution >= 4 is 18.0 Å². The Morgan fingerprint density at radius 1 is 1.15 bits per heavy atom. The fourth-order valence-electron chi connectivity index (χ4n) is 2.91. The number of hydrogen-bond donors (Lipinski definition) is 0. The van der Waals surface area contributed by atoms with Crippen molar-refractivity contribution in [3.8, 4) is 5.75 Å². The van der Waals surface area contributed by atoms with Crippen LogP contribution in [0.3, 0.4) is 0 Å². The molecule has 2 rings (SSSR count). The van der Waals surface area contributed by atoms with Crippen molar-refractivity contribution in [2.75, 3.05) is 19.8 Å². The van der Waals surface area contributed by atoms with Crippen molar-refractivity contribution in [2.45, 2.75) is 34.6 Å². The van der Waals surface area contributed by atoms with Crippen LogP contribution < -0.4 is 4.74 Å². The molecular formula is C21H27NO4. The standard InChI is InChI=1S/C21H27NO4/c1-6-25-17-10-8-16(9-11-17)12-18-19(21(24)26-7-2)15(5)22(20(18)23)13-14(3)4/h8-12,14H,6-7,13H2,1-5H3/b18-12-. The van der Waals surface area contributed by atoms with Gasteiger partial charge in [0.2, 0.25) is 0 Å². The van der Waals surface area contributed by atoms with Gasteiger partial charge in [0.25, 0.3) is 5.91 Å². The smallest absolute Gasteiger partial charge is 0.340 e. The van der Waals surface area contributed by atoms with Gasteiger partial charge in [0.05, 0.1) is 24.4 Å². The molecule has 0 bridgehead atoms. The molecule has 0 spiro atoms. The summed E-state index contributed by atoms with van der Waals surface area (Å²) in [5, 5.41) is 0. The Bertz CT molecular complexity index is 729. The van der Waals surface area contributed by atoms with Crippen molar-refractivity contribution in [1.82, 2.24) is 4.90 Å². The topological polar surface area (TPSA) is 55.8 Å². The molecule has 0 saturated heterocycles. The lowest BCUT2D eigenvalue weighted by Crippen LogP contribution is -2.28. The highest BCUT2D eigenvalue weighted by molar-refractivity contribution is 6.16. The predicted octanol–water partition coefficient (Wildman–Crippen LogP) is 3.80. The number of ether oxygens (including phenoxy) is 2. The first kappa shape index (κ1) is 19.8. The van der Waals surface area contributed by atoms with Crippen molar-refractivity contribution in [3.63, 3.8) is 0 Å². The molecule has 5 heteroatoms. The molecule has 140 valence electrons. The molecule has 1 aromatic rings. The Morgan fingerprint density at radius 2 is 1.81 bits per heavy atom. The van der Waals surface area contributed by atoms with E-state index in [1.54, 1.807) is 24.8 Å². The molecule has 1 amide bonds. The quantitative estimate of drug-likeness (QED) is 0.550. The molecule has 1 heterocycles. The minimum Gasteiger partial charge on any atom is -0.494 e. The number of hydrogen-bond acceptors (Lipinski definition) is 4. The zero-order valence-electron chi connectivity index (χ0n) is 16.2. The number of carbonyl (C=O) groups excluding carboxylic acids is 2. The predicted molar refractivity (Wildman–Crippen MR) is 101 cm³/mol. The monoisotopic (exact) mass is 357 g/mol. The molecule has 26 heavy (non-hydrogen) atoms. The van der Waals surface area contributed by atoms with Crippen molar-refractivity contribution in [1.29, 1.82) is 0 Å². The van der Waals surface area contributed by atoms with E-state index in [1.165, 1.54) is 0 Å². The third kappa shape index (κ3) is 4.34. The molecule has 0 aromatic heterocycles. The lowest BCUT2D eigenvalue weighted by molar-refractivity contribution is -0.138. The van der Waals surface area contributed by atoms with Gasteiger partial charge in [-0.15, -0.1) is 0 Å². The Morgan fingerprint density at radius 3 is 2.35 bits per heavy atom. The van der Waals surface area contributed by atoms with E-state index in [4.69, 9.17) is 9.47 Å². The second-order valence-corrected chi connectivity index (χ2v) is 6.55. The van der Waals surface area contributed by atoms with E-state index in [0.29, 0.717) is 35.9 Å². The van der Waals surface area contributed by atoms with Gasteiger partial charge in [0, 0.05) is 12.2 Å². The zero-order chi connectivity index (χ0) is 19.3. The summed E-state index contributed by atoms with van der Waals surface area (Å²) in [5.41, 5.74) is 2.22. The maximum Gasteiger partial charge on any atom is 0.340 e. The minimum absolute atomic E-state index is 0.159. The van der Waals surface area contributed by atoms with Crippen LogP contribution in [0.15, 0.2) is 41.1 Å². The third-order valence-corrected chi connectivity index (χ3v) is 4.04. The number of nitrogens with zero attached hydrogens (tertiary/aromatic N) is 1. The number of benzene rings is 1. The van der Waals surface area contributed by atoms with E-state index in [0.717, 1.165) is 11.3 Å². The third-order valence-electron chi connectivity index (χ3n) is 4.04. The molecule has 1 aliphatic rings. The van der Waals surface area contributed by atoms with Crippen LogP contribution in [0, 0.1) is 5.92 Å². The van der Waals surface area contributed by atoms with Crippen molar-refractivity contribution in [2.24, 2.45) is 5.92 Å². The summed E-state index contributed by atoms with van der Waals surface area (Å²) in [4.78, 5) is 27.0. The largest absolute Gasteiger partial charge is 0.494 e. The van der Waals surface area contributed by atoms with E-state index in [2.05, 4.69) is 0 Å². The van der Waals surface area contributed by atoms with Crippen LogP contribution in [0.25, 0.3) is 6.08 Å². The molecule has 0 unspecified atom stereocenters. The molecule has 1 aromatic carbocycles. The number of amides is 1. The highest BCUT2D eigenvalue weighted by Gasteiger charge is 2.37. The van der Waals surface area contributed by atoms with E-state index < -0.39 is 5.97 Å². The van der Waals surface area contributed by atoms with Crippen LogP contribution in [0.1, 0.15) is 40.2 Å². The maximum absolute atomic E-state index is 12.9. The molecule has 0 atom stereocenters. The van der Waals surface area contributed by atoms with Gasteiger partial charge in [0.1, 0.15) is 5.75 Å². The van der Waals surface area contributed by atoms with Crippen LogP contribution in [0.2, 0.25) is 0 Å². The first-order valence-electron chi connectivity index (χ1n) is 9.03. The fourth-order valence-corrected chi connectivity index (χ4v) is 2.91. The zero-order valence-corrected chi connectivity index (χ0v) is 16.2. The minimum atomic E-state index is -0.457. The summed E-state index contributed by atoms with van der Waals surface area (Å²) in [7, 11) is 0.